The van der Waals surface area contributed by atoms with Gasteiger partial charge < -0.3 is 4.90 Å². The molecule has 0 saturated heterocycles. The molecule has 0 bridgehead atoms. The maximum atomic E-state index is 11.4. The molecule has 0 aliphatic carbocycles. The van der Waals surface area contributed by atoms with Crippen LogP contribution >= 0.6 is 0 Å². The summed E-state index contributed by atoms with van der Waals surface area (Å²) < 4.78 is 1.92. The van der Waals surface area contributed by atoms with Crippen molar-refractivity contribution in [1.29, 1.82) is 0 Å². The molecule has 20 heavy (non-hydrogen) atoms. The zero-order chi connectivity index (χ0) is 14.1. The van der Waals surface area contributed by atoms with Crippen molar-refractivity contribution in [1.82, 2.24) is 14.8 Å². The van der Waals surface area contributed by atoms with E-state index < -0.39 is 0 Å². The number of carbonyl (C=O) groups excluding carboxylic acids is 1. The maximum absolute atomic E-state index is 11.4. The highest BCUT2D eigenvalue weighted by Gasteiger charge is 2.21. The second-order valence-electron chi connectivity index (χ2n) is 5.06. The Morgan fingerprint density at radius 1 is 1.40 bits per heavy atom. The average Bonchev–Trinajstić information content (AvgIpc) is 3.05. The molecule has 0 spiro atoms. The normalized spacial score (nSPS) is 13.6. The Labute approximate surface area is 118 Å². The van der Waals surface area contributed by atoms with E-state index in [4.69, 9.17) is 0 Å². The first-order valence-electron chi connectivity index (χ1n) is 6.94. The van der Waals surface area contributed by atoms with Crippen LogP contribution in [0.4, 0.5) is 5.69 Å². The number of Topliss-reactive ketones (excluding diaryl/α,β-unsaturated/α-hetero) is 1. The first kappa shape index (κ1) is 12.8. The van der Waals surface area contributed by atoms with Gasteiger partial charge in [-0.1, -0.05) is 0 Å². The van der Waals surface area contributed by atoms with E-state index >= 15 is 0 Å². The first-order chi connectivity index (χ1) is 9.69. The highest BCUT2D eigenvalue weighted by Crippen LogP contribution is 2.30. The second-order valence-corrected chi connectivity index (χ2v) is 5.06. The SMILES string of the molecule is CCn1ncnc1CN1CCc2cc(C(C)=O)ccc21. The number of fused-ring (bicyclic) bond motifs is 1. The van der Waals surface area contributed by atoms with E-state index in [2.05, 4.69) is 21.9 Å². The number of ketones is 1. The minimum absolute atomic E-state index is 0.122. The van der Waals surface area contributed by atoms with E-state index in [-0.39, 0.29) is 5.78 Å². The van der Waals surface area contributed by atoms with Crippen LogP contribution in [0, 0.1) is 0 Å². The van der Waals surface area contributed by atoms with Crippen LogP contribution in [0.1, 0.15) is 35.6 Å². The predicted molar refractivity (Wildman–Crippen MR) is 76.9 cm³/mol. The summed E-state index contributed by atoms with van der Waals surface area (Å²) in [4.78, 5) is 18.1. The Morgan fingerprint density at radius 2 is 2.25 bits per heavy atom. The van der Waals surface area contributed by atoms with Gasteiger partial charge in [-0.15, -0.1) is 0 Å². The number of anilines is 1. The number of nitrogens with zero attached hydrogens (tertiary/aromatic N) is 4. The van der Waals surface area contributed by atoms with Crippen LogP contribution in [0.15, 0.2) is 24.5 Å². The van der Waals surface area contributed by atoms with Gasteiger partial charge in [-0.25, -0.2) is 9.67 Å². The molecule has 5 nitrogen and oxygen atoms in total. The number of carbonyl (C=O) groups is 1. The summed E-state index contributed by atoms with van der Waals surface area (Å²) in [5.74, 6) is 1.10. The number of aromatic nitrogens is 3. The van der Waals surface area contributed by atoms with Crippen molar-refractivity contribution in [2.45, 2.75) is 33.4 Å². The molecule has 0 amide bonds. The molecule has 0 N–H and O–H groups in total. The number of rotatable bonds is 4. The van der Waals surface area contributed by atoms with E-state index in [9.17, 15) is 4.79 Å². The lowest BCUT2D eigenvalue weighted by molar-refractivity contribution is 0.101. The van der Waals surface area contributed by atoms with Crippen LogP contribution < -0.4 is 4.90 Å². The lowest BCUT2D eigenvalue weighted by Gasteiger charge is -2.19. The van der Waals surface area contributed by atoms with E-state index in [1.54, 1.807) is 13.3 Å². The van der Waals surface area contributed by atoms with Crippen molar-refractivity contribution in [3.63, 3.8) is 0 Å². The summed E-state index contributed by atoms with van der Waals surface area (Å²) >= 11 is 0. The van der Waals surface area contributed by atoms with Crippen molar-refractivity contribution in [2.24, 2.45) is 0 Å². The van der Waals surface area contributed by atoms with Crippen LogP contribution in [0.25, 0.3) is 0 Å². The summed E-state index contributed by atoms with van der Waals surface area (Å²) in [5.41, 5.74) is 3.25. The molecule has 1 aromatic carbocycles. The van der Waals surface area contributed by atoms with Gasteiger partial charge in [0.1, 0.15) is 12.2 Å². The number of hydrogen-bond acceptors (Lipinski definition) is 4. The Morgan fingerprint density at radius 3 is 3.00 bits per heavy atom. The molecule has 2 aromatic rings. The van der Waals surface area contributed by atoms with Gasteiger partial charge in [-0.05, 0) is 44.0 Å². The molecule has 3 rings (SSSR count). The fourth-order valence-electron chi connectivity index (χ4n) is 2.70. The molecular weight excluding hydrogens is 252 g/mol. The van der Waals surface area contributed by atoms with Gasteiger partial charge in [0.15, 0.2) is 5.78 Å². The molecule has 1 aliphatic heterocycles. The minimum Gasteiger partial charge on any atom is -0.363 e. The van der Waals surface area contributed by atoms with Crippen molar-refractivity contribution in [2.75, 3.05) is 11.4 Å². The van der Waals surface area contributed by atoms with Gasteiger partial charge in [0, 0.05) is 24.3 Å². The van der Waals surface area contributed by atoms with Gasteiger partial charge in [-0.3, -0.25) is 4.79 Å². The van der Waals surface area contributed by atoms with E-state index in [0.717, 1.165) is 37.4 Å². The van der Waals surface area contributed by atoms with Gasteiger partial charge in [0.25, 0.3) is 0 Å². The topological polar surface area (TPSA) is 51.0 Å². The molecular formula is C15H18N4O. The smallest absolute Gasteiger partial charge is 0.159 e. The van der Waals surface area contributed by atoms with E-state index in [1.807, 2.05) is 22.9 Å². The molecule has 0 fully saturated rings. The molecule has 0 saturated carbocycles. The number of hydrogen-bond donors (Lipinski definition) is 0. The molecule has 1 aliphatic rings. The first-order valence-corrected chi connectivity index (χ1v) is 6.94. The Hall–Kier alpha value is -2.17. The monoisotopic (exact) mass is 270 g/mol. The van der Waals surface area contributed by atoms with E-state index in [1.165, 1.54) is 11.3 Å². The Balaban J connectivity index is 1.84. The van der Waals surface area contributed by atoms with Crippen molar-refractivity contribution in [3.8, 4) is 0 Å². The molecule has 2 heterocycles. The second kappa shape index (κ2) is 5.07. The molecule has 5 heteroatoms. The van der Waals surface area contributed by atoms with Gasteiger partial charge in [-0.2, -0.15) is 5.10 Å². The van der Waals surface area contributed by atoms with Crippen LogP contribution in [0.2, 0.25) is 0 Å². The molecule has 0 atom stereocenters. The number of aryl methyl sites for hydroxylation is 1. The average molecular weight is 270 g/mol. The third-order valence-electron chi connectivity index (χ3n) is 3.81. The van der Waals surface area contributed by atoms with Crippen LogP contribution in [0.5, 0.6) is 0 Å². The summed E-state index contributed by atoms with van der Waals surface area (Å²) in [6, 6.07) is 5.97. The molecule has 0 radical (unpaired) electrons. The third-order valence-corrected chi connectivity index (χ3v) is 3.81. The third kappa shape index (κ3) is 2.19. The quantitative estimate of drug-likeness (QED) is 0.798. The minimum atomic E-state index is 0.122. The van der Waals surface area contributed by atoms with Crippen LogP contribution in [-0.4, -0.2) is 27.1 Å². The van der Waals surface area contributed by atoms with E-state index in [0.29, 0.717) is 0 Å². The molecule has 104 valence electrons. The standard InChI is InChI=1S/C15H18N4O/c1-3-19-15(16-10-17-19)9-18-7-6-13-8-12(11(2)20)4-5-14(13)18/h4-5,8,10H,3,6-7,9H2,1-2H3. The van der Waals surface area contributed by atoms with Crippen molar-refractivity contribution >= 4 is 11.5 Å². The van der Waals surface area contributed by atoms with Gasteiger partial charge >= 0.3 is 0 Å². The van der Waals surface area contributed by atoms with Crippen LogP contribution in [-0.2, 0) is 19.5 Å². The summed E-state index contributed by atoms with van der Waals surface area (Å²) in [7, 11) is 0. The zero-order valence-corrected chi connectivity index (χ0v) is 11.8. The van der Waals surface area contributed by atoms with Gasteiger partial charge in [0.05, 0.1) is 6.54 Å². The fraction of sp³-hybridized carbons (Fsp3) is 0.400. The Kier molecular flexibility index (Phi) is 3.26. The van der Waals surface area contributed by atoms with Crippen molar-refractivity contribution < 1.29 is 4.79 Å². The highest BCUT2D eigenvalue weighted by atomic mass is 16.1. The number of benzene rings is 1. The lowest BCUT2D eigenvalue weighted by atomic mass is 10.1. The zero-order valence-electron chi connectivity index (χ0n) is 11.8. The molecule has 0 unspecified atom stereocenters. The summed E-state index contributed by atoms with van der Waals surface area (Å²) in [5, 5.41) is 4.20. The lowest BCUT2D eigenvalue weighted by Crippen LogP contribution is -2.22. The largest absolute Gasteiger partial charge is 0.363 e. The molecule has 1 aromatic heterocycles. The highest BCUT2D eigenvalue weighted by molar-refractivity contribution is 5.94. The Bertz CT molecular complexity index is 647. The predicted octanol–water partition coefficient (Wildman–Crippen LogP) is 2.06. The van der Waals surface area contributed by atoms with Crippen molar-refractivity contribution in [3.05, 3.63) is 41.5 Å². The summed E-state index contributed by atoms with van der Waals surface area (Å²) in [6.07, 6.45) is 2.59. The van der Waals surface area contributed by atoms with Crippen LogP contribution in [0.3, 0.4) is 0 Å². The van der Waals surface area contributed by atoms with Gasteiger partial charge in [0.2, 0.25) is 0 Å². The fourth-order valence-corrected chi connectivity index (χ4v) is 2.70. The summed E-state index contributed by atoms with van der Waals surface area (Å²) in [6.45, 7) is 6.24. The maximum Gasteiger partial charge on any atom is 0.159 e.